The Morgan fingerprint density at radius 3 is 1.95 bits per heavy atom. The van der Waals surface area contributed by atoms with E-state index in [9.17, 15) is 10.2 Å². The lowest BCUT2D eigenvalue weighted by Gasteiger charge is -2.14. The molecular formula is C31H26N4O3. The number of aromatic nitrogens is 4. The van der Waals surface area contributed by atoms with Gasteiger partial charge < -0.3 is 24.9 Å². The highest BCUT2D eigenvalue weighted by molar-refractivity contribution is 5.93. The van der Waals surface area contributed by atoms with Gasteiger partial charge in [0.15, 0.2) is 0 Å². The van der Waals surface area contributed by atoms with E-state index in [1.807, 2.05) is 54.6 Å². The van der Waals surface area contributed by atoms with Gasteiger partial charge in [-0.2, -0.15) is 0 Å². The first-order chi connectivity index (χ1) is 18.6. The topological polar surface area (TPSA) is 107 Å². The predicted molar refractivity (Wildman–Crippen MR) is 150 cm³/mol. The minimum Gasteiger partial charge on any atom is -0.394 e. The number of hydrogen-bond acceptors (Lipinski definition) is 5. The maximum Gasteiger partial charge on any atom is 0.107 e. The van der Waals surface area contributed by atoms with Crippen molar-refractivity contribution in [2.75, 3.05) is 6.61 Å². The maximum absolute atomic E-state index is 10.4. The van der Waals surface area contributed by atoms with Crippen molar-refractivity contribution in [2.45, 2.75) is 24.7 Å². The molecule has 4 N–H and O–H groups in total. The van der Waals surface area contributed by atoms with Crippen LogP contribution < -0.4 is 0 Å². The average molecular weight is 503 g/mol. The van der Waals surface area contributed by atoms with Gasteiger partial charge in [0.2, 0.25) is 0 Å². The van der Waals surface area contributed by atoms with E-state index in [1.54, 1.807) is 0 Å². The molecule has 0 aliphatic carbocycles. The Morgan fingerprint density at radius 2 is 1.39 bits per heavy atom. The Balaban J connectivity index is 1.51. The van der Waals surface area contributed by atoms with Crippen molar-refractivity contribution in [3.8, 4) is 11.1 Å². The molecule has 4 aromatic rings. The van der Waals surface area contributed by atoms with E-state index in [2.05, 4.69) is 46.4 Å². The number of aliphatic hydroxyl groups is 2. The fraction of sp³-hybridized carbons (Fsp3) is 0.161. The number of ether oxygens (including phenoxy) is 1. The summed E-state index contributed by atoms with van der Waals surface area (Å²) in [5, 5.41) is 20.1. The van der Waals surface area contributed by atoms with Crippen molar-refractivity contribution in [3.05, 3.63) is 95.1 Å². The molecule has 188 valence electrons. The third kappa shape index (κ3) is 4.07. The molecule has 0 amide bonds. The predicted octanol–water partition coefficient (Wildman–Crippen LogP) is 5.51. The van der Waals surface area contributed by atoms with Crippen LogP contribution in [0.3, 0.4) is 0 Å². The number of hydrogen-bond donors (Lipinski definition) is 4. The second kappa shape index (κ2) is 9.22. The van der Waals surface area contributed by atoms with Crippen LogP contribution in [0.5, 0.6) is 0 Å². The Labute approximate surface area is 218 Å². The Hall–Kier alpha value is -4.30. The van der Waals surface area contributed by atoms with Gasteiger partial charge in [-0.3, -0.25) is 0 Å². The van der Waals surface area contributed by atoms with Gasteiger partial charge in [-0.15, -0.1) is 0 Å². The molecule has 3 aromatic heterocycles. The number of nitrogens with one attached hydrogen (secondary N) is 2. The lowest BCUT2D eigenvalue weighted by atomic mass is 10.0. The van der Waals surface area contributed by atoms with Gasteiger partial charge in [0.25, 0.3) is 0 Å². The third-order valence-electron chi connectivity index (χ3n) is 7.23. The number of nitrogens with zero attached hydrogens (tertiary/aromatic N) is 2. The maximum atomic E-state index is 10.4. The monoisotopic (exact) mass is 502 g/mol. The summed E-state index contributed by atoms with van der Waals surface area (Å²) in [6.45, 7) is -0.238. The highest BCUT2D eigenvalue weighted by Gasteiger charge is 2.36. The van der Waals surface area contributed by atoms with E-state index in [4.69, 9.17) is 14.7 Å². The molecule has 0 radical (unpaired) electrons. The molecule has 6 heterocycles. The zero-order valence-electron chi connectivity index (χ0n) is 20.5. The summed E-state index contributed by atoms with van der Waals surface area (Å²) in [7, 11) is 0. The normalized spacial score (nSPS) is 20.3. The third-order valence-corrected chi connectivity index (χ3v) is 7.23. The van der Waals surface area contributed by atoms with Crippen LogP contribution in [-0.2, 0) is 4.74 Å². The van der Waals surface area contributed by atoms with Crippen molar-refractivity contribution in [3.63, 3.8) is 0 Å². The Bertz CT molecular complexity index is 1650. The van der Waals surface area contributed by atoms with E-state index in [1.165, 1.54) is 0 Å². The second-order valence-corrected chi connectivity index (χ2v) is 9.76. The summed E-state index contributed by atoms with van der Waals surface area (Å²) in [6, 6.07) is 22.6. The zero-order chi connectivity index (χ0) is 25.6. The average Bonchev–Trinajstić information content (AvgIpc) is 3.75. The number of benzene rings is 1. The minimum absolute atomic E-state index is 0.238. The molecule has 38 heavy (non-hydrogen) atoms. The summed E-state index contributed by atoms with van der Waals surface area (Å²) >= 11 is 0. The summed E-state index contributed by atoms with van der Waals surface area (Å²) in [5.74, 6) is 0. The van der Waals surface area contributed by atoms with Crippen LogP contribution in [0.15, 0.2) is 66.7 Å². The number of H-pyrrole nitrogens is 2. The van der Waals surface area contributed by atoms with Crippen LogP contribution in [0.25, 0.3) is 57.5 Å². The van der Waals surface area contributed by atoms with Gasteiger partial charge in [0, 0.05) is 39.6 Å². The number of aliphatic hydroxyl groups excluding tert-OH is 2. The molecule has 1 fully saturated rings. The molecule has 3 atom stereocenters. The van der Waals surface area contributed by atoms with Crippen LogP contribution in [-0.4, -0.2) is 49.0 Å². The lowest BCUT2D eigenvalue weighted by Crippen LogP contribution is -2.24. The first-order valence-electron chi connectivity index (χ1n) is 12.7. The summed E-state index contributed by atoms with van der Waals surface area (Å²) in [4.78, 5) is 16.9. The van der Waals surface area contributed by atoms with Gasteiger partial charge in [0.1, 0.15) is 6.10 Å². The van der Waals surface area contributed by atoms with E-state index >= 15 is 0 Å². The molecule has 3 aliphatic rings. The second-order valence-electron chi connectivity index (χ2n) is 9.76. The van der Waals surface area contributed by atoms with Crippen molar-refractivity contribution < 1.29 is 14.9 Å². The van der Waals surface area contributed by atoms with E-state index in [0.29, 0.717) is 6.42 Å². The SMILES string of the molecule is OC[C@H]1O[C@@H](c2c3nc(cc4ccc([nH]4)c(-c4ccccc4)c4ccc(cc5nc2C=C5)[nH]4)C=C3)C[C@@H]1O. The van der Waals surface area contributed by atoms with Gasteiger partial charge in [-0.1, -0.05) is 30.3 Å². The number of aromatic amines is 2. The molecular weight excluding hydrogens is 476 g/mol. The molecule has 7 rings (SSSR count). The van der Waals surface area contributed by atoms with Crippen molar-refractivity contribution in [1.29, 1.82) is 0 Å². The molecule has 7 heteroatoms. The Morgan fingerprint density at radius 1 is 0.789 bits per heavy atom. The fourth-order valence-corrected chi connectivity index (χ4v) is 5.42. The molecule has 0 saturated carbocycles. The number of fused-ring (bicyclic) bond motifs is 8. The van der Waals surface area contributed by atoms with Crippen LogP contribution in [0.4, 0.5) is 0 Å². The molecule has 0 unspecified atom stereocenters. The summed E-state index contributed by atoms with van der Waals surface area (Å²) in [5.41, 5.74) is 9.96. The minimum atomic E-state index is -0.746. The standard InChI is InChI=1S/C31H26N4O3/c36-17-29-27(37)16-28(38-29)31-25-12-8-21(34-25)14-19-6-10-23(32-19)30(18-4-2-1-3-5-18)24-11-7-20(33-24)15-22-9-13-26(31)35-22/h1-15,27-29,32-33,36-37H,16-17H2/t27-,28+,29+/m0/s1. The molecule has 3 aliphatic heterocycles. The molecule has 0 spiro atoms. The molecule has 1 aromatic carbocycles. The molecule has 8 bridgehead atoms. The lowest BCUT2D eigenvalue weighted by molar-refractivity contribution is -0.0227. The van der Waals surface area contributed by atoms with Gasteiger partial charge in [-0.25, -0.2) is 9.97 Å². The first-order valence-corrected chi connectivity index (χ1v) is 12.7. The van der Waals surface area contributed by atoms with Crippen molar-refractivity contribution >= 4 is 46.4 Å². The van der Waals surface area contributed by atoms with Gasteiger partial charge in [-0.05, 0) is 66.3 Å². The quantitative estimate of drug-likeness (QED) is 0.255. The highest BCUT2D eigenvalue weighted by atomic mass is 16.5. The van der Waals surface area contributed by atoms with Crippen molar-refractivity contribution in [2.24, 2.45) is 0 Å². The summed E-state index contributed by atoms with van der Waals surface area (Å²) < 4.78 is 6.05. The fourth-order valence-electron chi connectivity index (χ4n) is 5.42. The smallest absolute Gasteiger partial charge is 0.107 e. The molecule has 7 nitrogen and oxygen atoms in total. The number of rotatable bonds is 3. The van der Waals surface area contributed by atoms with Crippen molar-refractivity contribution in [1.82, 2.24) is 19.9 Å². The van der Waals surface area contributed by atoms with Crippen LogP contribution in [0.1, 0.15) is 40.9 Å². The Kier molecular flexibility index (Phi) is 5.55. The van der Waals surface area contributed by atoms with Gasteiger partial charge >= 0.3 is 0 Å². The van der Waals surface area contributed by atoms with Crippen LogP contribution >= 0.6 is 0 Å². The van der Waals surface area contributed by atoms with Crippen LogP contribution in [0.2, 0.25) is 0 Å². The van der Waals surface area contributed by atoms with Crippen LogP contribution in [0, 0.1) is 0 Å². The zero-order valence-corrected chi connectivity index (χ0v) is 20.5. The van der Waals surface area contributed by atoms with Gasteiger partial charge in [0.05, 0.1) is 41.6 Å². The summed E-state index contributed by atoms with van der Waals surface area (Å²) in [6.07, 6.45) is 6.43. The molecule has 1 saturated heterocycles. The largest absolute Gasteiger partial charge is 0.394 e. The van der Waals surface area contributed by atoms with E-state index < -0.39 is 18.3 Å². The van der Waals surface area contributed by atoms with E-state index in [-0.39, 0.29) is 6.61 Å². The van der Waals surface area contributed by atoms with E-state index in [0.717, 1.165) is 61.5 Å². The first kappa shape index (κ1) is 22.9. The highest BCUT2D eigenvalue weighted by Crippen LogP contribution is 2.38.